The van der Waals surface area contributed by atoms with Gasteiger partial charge in [0.25, 0.3) is 0 Å². The fourth-order valence-corrected chi connectivity index (χ4v) is 0.328. The van der Waals surface area contributed by atoms with Crippen LogP contribution in [-0.2, 0) is 0 Å². The highest BCUT2D eigenvalue weighted by Crippen LogP contribution is 1.90. The average molecular weight is 222 g/mol. The lowest BCUT2D eigenvalue weighted by molar-refractivity contribution is 1.50. The van der Waals surface area contributed by atoms with E-state index in [0.717, 1.165) is 3.72 Å². The number of hydrogen-bond donors (Lipinski definition) is 1. The van der Waals surface area contributed by atoms with Crippen LogP contribution in [0, 0.1) is 0 Å². The zero-order chi connectivity index (χ0) is 6.41. The van der Waals surface area contributed by atoms with Crippen LogP contribution in [0.15, 0.2) is 30.0 Å². The summed E-state index contributed by atoms with van der Waals surface area (Å²) >= 11 is 2.05. The third kappa shape index (κ3) is 3.86. The van der Waals surface area contributed by atoms with E-state index in [2.05, 4.69) is 34.2 Å². The maximum Gasteiger partial charge on any atom is 0.100 e. The highest BCUT2D eigenvalue weighted by Gasteiger charge is 1.74. The maximum absolute atomic E-state index is 5.01. The molecular formula is C5H7IN2. The lowest BCUT2D eigenvalue weighted by atomic mass is 10.7. The molecule has 0 radical (unpaired) electrons. The second-order valence-corrected chi connectivity index (χ2v) is 2.10. The van der Waals surface area contributed by atoms with Gasteiger partial charge in [-0.25, -0.2) is 4.99 Å². The normalized spacial score (nSPS) is 12.4. The molecule has 0 aliphatic carbocycles. The second-order valence-electron chi connectivity index (χ2n) is 0.997. The molecule has 0 saturated carbocycles. The summed E-state index contributed by atoms with van der Waals surface area (Å²) in [6.45, 7) is 3.50. The van der Waals surface area contributed by atoms with E-state index >= 15 is 0 Å². The molecule has 0 aromatic carbocycles. The number of halogens is 1. The molecule has 0 unspecified atom stereocenters. The van der Waals surface area contributed by atoms with Gasteiger partial charge < -0.3 is 5.73 Å². The molecule has 0 aromatic heterocycles. The molecule has 0 spiro atoms. The predicted molar refractivity (Wildman–Crippen MR) is 45.0 cm³/mol. The standard InChI is InChI=1S/C5H7IN2/c1-2-5(6)8-4-3-7/h2-4H,1,7H2/b4-3-,8-5+. The van der Waals surface area contributed by atoms with E-state index in [1.165, 1.54) is 12.4 Å². The molecule has 8 heavy (non-hydrogen) atoms. The van der Waals surface area contributed by atoms with Gasteiger partial charge in [0.2, 0.25) is 0 Å². The van der Waals surface area contributed by atoms with Gasteiger partial charge in [0.1, 0.15) is 3.72 Å². The first-order chi connectivity index (χ1) is 3.81. The van der Waals surface area contributed by atoms with Crippen LogP contribution >= 0.6 is 22.6 Å². The molecule has 0 rings (SSSR count). The van der Waals surface area contributed by atoms with E-state index < -0.39 is 0 Å². The minimum absolute atomic E-state index is 0.837. The Bertz CT molecular complexity index is 126. The highest BCUT2D eigenvalue weighted by molar-refractivity contribution is 14.1. The van der Waals surface area contributed by atoms with Gasteiger partial charge >= 0.3 is 0 Å². The third-order valence-corrected chi connectivity index (χ3v) is 1.17. The van der Waals surface area contributed by atoms with Crippen molar-refractivity contribution >= 4 is 26.3 Å². The monoisotopic (exact) mass is 222 g/mol. The first-order valence-electron chi connectivity index (χ1n) is 2.03. The van der Waals surface area contributed by atoms with Gasteiger partial charge in [-0.3, -0.25) is 0 Å². The lowest BCUT2D eigenvalue weighted by Gasteiger charge is -1.78. The molecule has 0 bridgehead atoms. The molecule has 44 valence electrons. The Labute approximate surface area is 62.3 Å². The van der Waals surface area contributed by atoms with Crippen molar-refractivity contribution in [3.63, 3.8) is 0 Å². The van der Waals surface area contributed by atoms with Crippen LogP contribution in [0.4, 0.5) is 0 Å². The largest absolute Gasteiger partial charge is 0.403 e. The van der Waals surface area contributed by atoms with Crippen molar-refractivity contribution in [2.24, 2.45) is 10.7 Å². The Morgan fingerprint density at radius 3 is 2.75 bits per heavy atom. The zero-order valence-corrected chi connectivity index (χ0v) is 6.50. The number of rotatable bonds is 2. The summed E-state index contributed by atoms with van der Waals surface area (Å²) in [6.07, 6.45) is 4.55. The van der Waals surface area contributed by atoms with E-state index in [0.29, 0.717) is 0 Å². The topological polar surface area (TPSA) is 38.4 Å². The Kier molecular flexibility index (Phi) is 4.64. The number of nitrogens with two attached hydrogens (primary N) is 1. The SMILES string of the molecule is C=C/C(I)=N\C=C/N. The number of nitrogens with zero attached hydrogens (tertiary/aromatic N) is 1. The van der Waals surface area contributed by atoms with Gasteiger partial charge in [0.15, 0.2) is 0 Å². The molecule has 0 fully saturated rings. The highest BCUT2D eigenvalue weighted by atomic mass is 127. The van der Waals surface area contributed by atoms with Gasteiger partial charge in [0, 0.05) is 12.4 Å². The molecule has 0 aliphatic heterocycles. The summed E-state index contributed by atoms with van der Waals surface area (Å²) in [5.41, 5.74) is 5.01. The molecule has 0 aromatic rings. The molecule has 0 heterocycles. The first-order valence-corrected chi connectivity index (χ1v) is 3.11. The quantitative estimate of drug-likeness (QED) is 0.557. The minimum Gasteiger partial charge on any atom is -0.403 e. The van der Waals surface area contributed by atoms with Crippen LogP contribution in [0.2, 0.25) is 0 Å². The molecule has 0 saturated heterocycles. The van der Waals surface area contributed by atoms with E-state index in [1.807, 2.05) is 0 Å². The van der Waals surface area contributed by atoms with Crippen molar-refractivity contribution < 1.29 is 0 Å². The molecule has 0 amide bonds. The summed E-state index contributed by atoms with van der Waals surface area (Å²) < 4.78 is 0.837. The van der Waals surface area contributed by atoms with Gasteiger partial charge in [-0.05, 0) is 28.7 Å². The van der Waals surface area contributed by atoms with Crippen LogP contribution in [0.5, 0.6) is 0 Å². The molecule has 3 heteroatoms. The van der Waals surface area contributed by atoms with Crippen molar-refractivity contribution in [2.75, 3.05) is 0 Å². The number of aliphatic imine (C=N–C) groups is 1. The van der Waals surface area contributed by atoms with Crippen molar-refractivity contribution in [2.45, 2.75) is 0 Å². The first kappa shape index (κ1) is 7.68. The van der Waals surface area contributed by atoms with E-state index in [4.69, 9.17) is 5.73 Å². The second kappa shape index (κ2) is 4.83. The van der Waals surface area contributed by atoms with Crippen molar-refractivity contribution in [3.8, 4) is 0 Å². The minimum atomic E-state index is 0.837. The van der Waals surface area contributed by atoms with E-state index in [-0.39, 0.29) is 0 Å². The summed E-state index contributed by atoms with van der Waals surface area (Å²) in [5, 5.41) is 0. The van der Waals surface area contributed by atoms with Gasteiger partial charge in [-0.2, -0.15) is 0 Å². The van der Waals surface area contributed by atoms with Crippen LogP contribution in [0.25, 0.3) is 0 Å². The Hall–Kier alpha value is -0.320. The average Bonchev–Trinajstić information content (AvgIpc) is 1.83. The van der Waals surface area contributed by atoms with Crippen LogP contribution < -0.4 is 5.73 Å². The number of allylic oxidation sites excluding steroid dienone is 1. The molecule has 2 N–H and O–H groups in total. The zero-order valence-electron chi connectivity index (χ0n) is 4.34. The third-order valence-electron chi connectivity index (χ3n) is 0.452. The van der Waals surface area contributed by atoms with Crippen molar-refractivity contribution in [3.05, 3.63) is 25.1 Å². The lowest BCUT2D eigenvalue weighted by Crippen LogP contribution is -1.76. The summed E-state index contributed by atoms with van der Waals surface area (Å²) in [5.74, 6) is 0. The fourth-order valence-electron chi connectivity index (χ4n) is 0.167. The summed E-state index contributed by atoms with van der Waals surface area (Å²) in [7, 11) is 0. The van der Waals surface area contributed by atoms with Crippen LogP contribution in [0.1, 0.15) is 0 Å². The smallest absolute Gasteiger partial charge is 0.100 e. The van der Waals surface area contributed by atoms with Crippen molar-refractivity contribution in [1.29, 1.82) is 0 Å². The Morgan fingerprint density at radius 1 is 1.75 bits per heavy atom. The fraction of sp³-hybridized carbons (Fsp3) is 0. The van der Waals surface area contributed by atoms with Gasteiger partial charge in [-0.15, -0.1) is 0 Å². The van der Waals surface area contributed by atoms with Crippen LogP contribution in [-0.4, -0.2) is 3.72 Å². The van der Waals surface area contributed by atoms with E-state index in [1.54, 1.807) is 6.08 Å². The van der Waals surface area contributed by atoms with E-state index in [9.17, 15) is 0 Å². The summed E-state index contributed by atoms with van der Waals surface area (Å²) in [6, 6.07) is 0. The molecular weight excluding hydrogens is 215 g/mol. The summed E-state index contributed by atoms with van der Waals surface area (Å²) in [4.78, 5) is 3.84. The Morgan fingerprint density at radius 2 is 2.38 bits per heavy atom. The molecule has 2 nitrogen and oxygen atoms in total. The van der Waals surface area contributed by atoms with Gasteiger partial charge in [0.05, 0.1) is 0 Å². The van der Waals surface area contributed by atoms with Crippen LogP contribution in [0.3, 0.4) is 0 Å². The number of hydrogen-bond acceptors (Lipinski definition) is 2. The predicted octanol–water partition coefficient (Wildman–Crippen LogP) is 1.44. The maximum atomic E-state index is 5.01. The molecule has 0 aliphatic rings. The van der Waals surface area contributed by atoms with Crippen molar-refractivity contribution in [1.82, 2.24) is 0 Å². The van der Waals surface area contributed by atoms with Gasteiger partial charge in [-0.1, -0.05) is 6.58 Å². The Balaban J connectivity index is 3.74. The molecule has 0 atom stereocenters.